The van der Waals surface area contributed by atoms with Gasteiger partial charge in [-0.1, -0.05) is 30.3 Å². The van der Waals surface area contributed by atoms with E-state index in [1.165, 1.54) is 17.5 Å². The number of carbonyl (C=O) groups excluding carboxylic acids is 1. The van der Waals surface area contributed by atoms with Crippen LogP contribution in [0.15, 0.2) is 42.5 Å². The van der Waals surface area contributed by atoms with Gasteiger partial charge in [0.2, 0.25) is 5.91 Å². The van der Waals surface area contributed by atoms with Gasteiger partial charge in [-0.15, -0.1) is 0 Å². The molecule has 3 rings (SSSR count). The second kappa shape index (κ2) is 8.91. The van der Waals surface area contributed by atoms with Gasteiger partial charge < -0.3 is 14.8 Å². The topological polar surface area (TPSA) is 50.8 Å². The maximum absolute atomic E-state index is 12.5. The van der Waals surface area contributed by atoms with Crippen LogP contribution in [0.3, 0.4) is 0 Å². The normalized spacial score (nSPS) is 15.9. The Morgan fingerprint density at radius 3 is 2.70 bits per heavy atom. The van der Waals surface area contributed by atoms with Crippen molar-refractivity contribution in [2.45, 2.75) is 31.8 Å². The molecule has 27 heavy (non-hydrogen) atoms. The van der Waals surface area contributed by atoms with Crippen LogP contribution in [-0.2, 0) is 17.8 Å². The highest BCUT2D eigenvalue weighted by Crippen LogP contribution is 2.33. The SMILES string of the molecule is COc1ccc(CNC(=O)CN(C)[C@@H]2CCCc3ccccc32)cc1OC. The highest BCUT2D eigenvalue weighted by atomic mass is 16.5. The number of likely N-dealkylation sites (N-methyl/N-ethyl adjacent to an activating group) is 1. The smallest absolute Gasteiger partial charge is 0.234 e. The minimum absolute atomic E-state index is 0.0235. The number of amides is 1. The predicted molar refractivity (Wildman–Crippen MR) is 106 cm³/mol. The number of aryl methyl sites for hydroxylation is 1. The number of hydrogen-bond acceptors (Lipinski definition) is 4. The maximum atomic E-state index is 12.5. The van der Waals surface area contributed by atoms with E-state index >= 15 is 0 Å². The van der Waals surface area contributed by atoms with Gasteiger partial charge in [0.05, 0.1) is 20.8 Å². The van der Waals surface area contributed by atoms with Gasteiger partial charge in [0.25, 0.3) is 0 Å². The fourth-order valence-electron chi connectivity index (χ4n) is 3.77. The summed E-state index contributed by atoms with van der Waals surface area (Å²) in [4.78, 5) is 14.6. The van der Waals surface area contributed by atoms with Crippen LogP contribution in [0, 0.1) is 0 Å². The third-order valence-corrected chi connectivity index (χ3v) is 5.20. The molecule has 2 aromatic carbocycles. The van der Waals surface area contributed by atoms with Crippen molar-refractivity contribution in [1.82, 2.24) is 10.2 Å². The van der Waals surface area contributed by atoms with E-state index in [2.05, 4.69) is 34.5 Å². The lowest BCUT2D eigenvalue weighted by Gasteiger charge is -2.32. The fourth-order valence-corrected chi connectivity index (χ4v) is 3.77. The molecule has 1 aliphatic carbocycles. The van der Waals surface area contributed by atoms with Crippen LogP contribution in [0.1, 0.15) is 35.6 Å². The van der Waals surface area contributed by atoms with Crippen molar-refractivity contribution in [3.63, 3.8) is 0 Å². The molecule has 0 unspecified atom stereocenters. The van der Waals surface area contributed by atoms with Gasteiger partial charge in [0.1, 0.15) is 0 Å². The molecule has 0 aromatic heterocycles. The Bertz CT molecular complexity index is 791. The van der Waals surface area contributed by atoms with Crippen LogP contribution < -0.4 is 14.8 Å². The summed E-state index contributed by atoms with van der Waals surface area (Å²) in [6, 6.07) is 14.6. The monoisotopic (exact) mass is 368 g/mol. The van der Waals surface area contributed by atoms with Crippen molar-refractivity contribution in [1.29, 1.82) is 0 Å². The third kappa shape index (κ3) is 4.61. The van der Waals surface area contributed by atoms with E-state index in [9.17, 15) is 4.79 Å². The summed E-state index contributed by atoms with van der Waals surface area (Å²) in [7, 11) is 5.25. The highest BCUT2D eigenvalue weighted by molar-refractivity contribution is 5.78. The molecule has 1 amide bonds. The molecule has 1 aliphatic rings. The van der Waals surface area contributed by atoms with Gasteiger partial charge in [-0.2, -0.15) is 0 Å². The van der Waals surface area contributed by atoms with Crippen LogP contribution in [0.2, 0.25) is 0 Å². The molecule has 5 heteroatoms. The van der Waals surface area contributed by atoms with Gasteiger partial charge in [0, 0.05) is 12.6 Å². The van der Waals surface area contributed by atoms with Gasteiger partial charge in [-0.3, -0.25) is 9.69 Å². The lowest BCUT2D eigenvalue weighted by molar-refractivity contribution is -0.122. The molecule has 0 aliphatic heterocycles. The molecule has 0 saturated carbocycles. The summed E-state index contributed by atoms with van der Waals surface area (Å²) >= 11 is 0. The maximum Gasteiger partial charge on any atom is 0.234 e. The number of hydrogen-bond donors (Lipinski definition) is 1. The Morgan fingerprint density at radius 1 is 1.15 bits per heavy atom. The zero-order valence-electron chi connectivity index (χ0n) is 16.3. The summed E-state index contributed by atoms with van der Waals surface area (Å²) < 4.78 is 10.6. The summed E-state index contributed by atoms with van der Waals surface area (Å²) in [5.41, 5.74) is 3.75. The van der Waals surface area contributed by atoms with Crippen molar-refractivity contribution in [2.75, 3.05) is 27.8 Å². The van der Waals surface area contributed by atoms with Crippen LogP contribution >= 0.6 is 0 Å². The average molecular weight is 368 g/mol. The second-order valence-electron chi connectivity index (χ2n) is 6.99. The van der Waals surface area contributed by atoms with Crippen molar-refractivity contribution in [3.8, 4) is 11.5 Å². The predicted octanol–water partition coefficient (Wildman–Crippen LogP) is 3.33. The molecule has 1 atom stereocenters. The van der Waals surface area contributed by atoms with E-state index in [4.69, 9.17) is 9.47 Å². The van der Waals surface area contributed by atoms with Crippen LogP contribution in [0.4, 0.5) is 0 Å². The van der Waals surface area contributed by atoms with Crippen molar-refractivity contribution >= 4 is 5.91 Å². The standard InChI is InChI=1S/C22H28N2O3/c1-24(19-10-6-8-17-7-4-5-9-18(17)19)15-22(25)23-14-16-11-12-20(26-2)21(13-16)27-3/h4-5,7,9,11-13,19H,6,8,10,14-15H2,1-3H3,(H,23,25)/t19-/m1/s1. The zero-order valence-corrected chi connectivity index (χ0v) is 16.3. The molecule has 5 nitrogen and oxygen atoms in total. The Balaban J connectivity index is 1.57. The number of carbonyl (C=O) groups is 1. The third-order valence-electron chi connectivity index (χ3n) is 5.20. The molecule has 2 aromatic rings. The number of ether oxygens (including phenoxy) is 2. The first-order chi connectivity index (χ1) is 13.1. The lowest BCUT2D eigenvalue weighted by Crippen LogP contribution is -2.37. The average Bonchev–Trinajstić information content (AvgIpc) is 2.71. The molecular weight excluding hydrogens is 340 g/mol. The molecular formula is C22H28N2O3. The van der Waals surface area contributed by atoms with Crippen LogP contribution in [0.25, 0.3) is 0 Å². The molecule has 0 heterocycles. The van der Waals surface area contributed by atoms with Crippen LogP contribution in [0.5, 0.6) is 11.5 Å². The molecule has 144 valence electrons. The van der Waals surface area contributed by atoms with Crippen LogP contribution in [-0.4, -0.2) is 38.6 Å². The molecule has 0 saturated heterocycles. The minimum atomic E-state index is 0.0235. The first kappa shape index (κ1) is 19.2. The summed E-state index contributed by atoms with van der Waals surface area (Å²) in [6.45, 7) is 0.848. The number of nitrogens with zero attached hydrogens (tertiary/aromatic N) is 1. The van der Waals surface area contributed by atoms with Gasteiger partial charge in [-0.25, -0.2) is 0 Å². The number of methoxy groups -OCH3 is 2. The molecule has 0 bridgehead atoms. The quantitative estimate of drug-likeness (QED) is 0.814. The Kier molecular flexibility index (Phi) is 6.35. The minimum Gasteiger partial charge on any atom is -0.493 e. The van der Waals surface area contributed by atoms with E-state index in [0.29, 0.717) is 30.6 Å². The summed E-state index contributed by atoms with van der Waals surface area (Å²) in [6.07, 6.45) is 3.39. The molecule has 0 spiro atoms. The van der Waals surface area contributed by atoms with E-state index in [0.717, 1.165) is 18.4 Å². The molecule has 0 radical (unpaired) electrons. The molecule has 0 fully saturated rings. The number of rotatable bonds is 7. The van der Waals surface area contributed by atoms with Gasteiger partial charge in [-0.05, 0) is 55.1 Å². The van der Waals surface area contributed by atoms with Crippen molar-refractivity contribution in [3.05, 3.63) is 59.2 Å². The first-order valence-corrected chi connectivity index (χ1v) is 9.38. The Hall–Kier alpha value is -2.53. The van der Waals surface area contributed by atoms with E-state index < -0.39 is 0 Å². The highest BCUT2D eigenvalue weighted by Gasteiger charge is 2.24. The number of fused-ring (bicyclic) bond motifs is 1. The van der Waals surface area contributed by atoms with E-state index in [-0.39, 0.29) is 5.91 Å². The number of benzene rings is 2. The second-order valence-corrected chi connectivity index (χ2v) is 6.99. The largest absolute Gasteiger partial charge is 0.493 e. The van der Waals surface area contributed by atoms with Gasteiger partial charge in [0.15, 0.2) is 11.5 Å². The summed E-state index contributed by atoms with van der Waals surface area (Å²) in [5, 5.41) is 3.00. The Labute approximate surface area is 161 Å². The van der Waals surface area contributed by atoms with Crippen molar-refractivity contribution < 1.29 is 14.3 Å². The zero-order chi connectivity index (χ0) is 19.2. The van der Waals surface area contributed by atoms with Gasteiger partial charge >= 0.3 is 0 Å². The first-order valence-electron chi connectivity index (χ1n) is 9.38. The Morgan fingerprint density at radius 2 is 1.93 bits per heavy atom. The fraction of sp³-hybridized carbons (Fsp3) is 0.409. The lowest BCUT2D eigenvalue weighted by atomic mass is 9.87. The number of nitrogens with one attached hydrogen (secondary N) is 1. The van der Waals surface area contributed by atoms with E-state index in [1.807, 2.05) is 25.2 Å². The van der Waals surface area contributed by atoms with Crippen molar-refractivity contribution in [2.24, 2.45) is 0 Å². The summed E-state index contributed by atoms with van der Waals surface area (Å²) in [5.74, 6) is 1.37. The van der Waals surface area contributed by atoms with E-state index in [1.54, 1.807) is 14.2 Å². The molecule has 1 N–H and O–H groups in total.